The Morgan fingerprint density at radius 3 is 2.12 bits per heavy atom. The van der Waals surface area contributed by atoms with Crippen LogP contribution in [0.25, 0.3) is 0 Å². The molecule has 0 aliphatic carbocycles. The minimum atomic E-state index is -0.535. The molecule has 6 heteroatoms. The molecule has 2 amide bonds. The number of carbonyl (C=O) groups excluding carboxylic acids is 2. The van der Waals surface area contributed by atoms with Crippen molar-refractivity contribution in [3.63, 3.8) is 0 Å². The molecule has 0 unspecified atom stereocenters. The van der Waals surface area contributed by atoms with E-state index in [9.17, 15) is 9.59 Å². The van der Waals surface area contributed by atoms with E-state index >= 15 is 0 Å². The Bertz CT molecular complexity index is 1020. The maximum atomic E-state index is 12.8. The van der Waals surface area contributed by atoms with Crippen LogP contribution in [0, 0.1) is 0 Å². The maximum Gasteiger partial charge on any atom is 0.410 e. The molecule has 0 saturated carbocycles. The predicted octanol–water partition coefficient (Wildman–Crippen LogP) is 5.01. The maximum absolute atomic E-state index is 12.8. The number of benzene rings is 3. The highest BCUT2D eigenvalue weighted by Gasteiger charge is 2.35. The Hall–Kier alpha value is -3.80. The number of hydrogen-bond acceptors (Lipinski definition) is 4. The van der Waals surface area contributed by atoms with Crippen molar-refractivity contribution in [2.75, 3.05) is 11.9 Å². The standard InChI is InChI=1S/C26H26N2O4/c29-25(24-12-7-17-28(24)26(30)32-19-21-10-5-2-6-11-21)27-22-13-15-23(16-14-22)31-18-20-8-3-1-4-9-20/h1-6,8-11,13-16,24H,7,12,17-19H2,(H,27,29)/t24-/m0/s1. The van der Waals surface area contributed by atoms with E-state index in [2.05, 4.69) is 5.32 Å². The second kappa shape index (κ2) is 10.5. The second-order valence-corrected chi connectivity index (χ2v) is 7.68. The molecule has 1 atom stereocenters. The van der Waals surface area contributed by atoms with Crippen molar-refractivity contribution in [3.8, 4) is 5.75 Å². The number of nitrogens with zero attached hydrogens (tertiary/aromatic N) is 1. The number of carbonyl (C=O) groups is 2. The third-order valence-electron chi connectivity index (χ3n) is 5.37. The predicted molar refractivity (Wildman–Crippen MR) is 122 cm³/mol. The molecule has 32 heavy (non-hydrogen) atoms. The Labute approximate surface area is 187 Å². The SMILES string of the molecule is O=C(Nc1ccc(OCc2ccccc2)cc1)[C@@H]1CCCN1C(=O)OCc1ccccc1. The molecule has 1 aliphatic rings. The molecule has 6 nitrogen and oxygen atoms in total. The van der Waals surface area contributed by atoms with Gasteiger partial charge in [-0.3, -0.25) is 9.69 Å². The van der Waals surface area contributed by atoms with E-state index in [1.165, 1.54) is 4.90 Å². The zero-order valence-corrected chi connectivity index (χ0v) is 17.8. The minimum Gasteiger partial charge on any atom is -0.489 e. The van der Waals surface area contributed by atoms with Crippen LogP contribution >= 0.6 is 0 Å². The number of hydrogen-bond donors (Lipinski definition) is 1. The van der Waals surface area contributed by atoms with Crippen LogP contribution in [-0.2, 0) is 22.7 Å². The number of anilines is 1. The molecule has 1 heterocycles. The van der Waals surface area contributed by atoms with Gasteiger partial charge in [0.1, 0.15) is 25.0 Å². The van der Waals surface area contributed by atoms with Crippen LogP contribution in [0.1, 0.15) is 24.0 Å². The molecular formula is C26H26N2O4. The lowest BCUT2D eigenvalue weighted by Gasteiger charge is -2.23. The lowest BCUT2D eigenvalue weighted by molar-refractivity contribution is -0.120. The molecule has 4 rings (SSSR count). The summed E-state index contributed by atoms with van der Waals surface area (Å²) in [6.07, 6.45) is 0.922. The molecule has 0 bridgehead atoms. The minimum absolute atomic E-state index is 0.189. The molecule has 0 spiro atoms. The van der Waals surface area contributed by atoms with E-state index in [0.717, 1.165) is 23.3 Å². The van der Waals surface area contributed by atoms with Crippen molar-refractivity contribution in [3.05, 3.63) is 96.1 Å². The zero-order chi connectivity index (χ0) is 22.2. The molecule has 1 fully saturated rings. The normalized spacial score (nSPS) is 15.2. The third kappa shape index (κ3) is 5.66. The van der Waals surface area contributed by atoms with Crippen molar-refractivity contribution in [2.45, 2.75) is 32.1 Å². The Morgan fingerprint density at radius 1 is 0.844 bits per heavy atom. The first-order valence-electron chi connectivity index (χ1n) is 10.7. The fourth-order valence-electron chi connectivity index (χ4n) is 3.66. The number of amides is 2. The average molecular weight is 431 g/mol. The fourth-order valence-corrected chi connectivity index (χ4v) is 3.66. The number of likely N-dealkylation sites (tertiary alicyclic amines) is 1. The summed E-state index contributed by atoms with van der Waals surface area (Å²) in [5.41, 5.74) is 2.66. The Morgan fingerprint density at radius 2 is 1.47 bits per heavy atom. The van der Waals surface area contributed by atoms with Gasteiger partial charge in [-0.1, -0.05) is 60.7 Å². The highest BCUT2D eigenvalue weighted by molar-refractivity contribution is 5.96. The monoisotopic (exact) mass is 430 g/mol. The molecule has 1 aliphatic heterocycles. The van der Waals surface area contributed by atoms with E-state index in [4.69, 9.17) is 9.47 Å². The van der Waals surface area contributed by atoms with Gasteiger partial charge in [-0.25, -0.2) is 4.79 Å². The van der Waals surface area contributed by atoms with Gasteiger partial charge in [-0.2, -0.15) is 0 Å². The van der Waals surface area contributed by atoms with E-state index < -0.39 is 12.1 Å². The lowest BCUT2D eigenvalue weighted by Crippen LogP contribution is -2.43. The van der Waals surface area contributed by atoms with Gasteiger partial charge in [0, 0.05) is 12.2 Å². The Balaban J connectivity index is 1.29. The van der Waals surface area contributed by atoms with E-state index in [0.29, 0.717) is 25.3 Å². The zero-order valence-electron chi connectivity index (χ0n) is 17.8. The van der Waals surface area contributed by atoms with Crippen LogP contribution in [0.2, 0.25) is 0 Å². The first-order chi connectivity index (χ1) is 15.7. The van der Waals surface area contributed by atoms with Gasteiger partial charge < -0.3 is 14.8 Å². The van der Waals surface area contributed by atoms with Crippen LogP contribution in [0.15, 0.2) is 84.9 Å². The molecular weight excluding hydrogens is 404 g/mol. The summed E-state index contributed by atoms with van der Waals surface area (Å²) in [7, 11) is 0. The van der Waals surface area contributed by atoms with Gasteiger partial charge in [0.2, 0.25) is 5.91 Å². The number of nitrogens with one attached hydrogen (secondary N) is 1. The topological polar surface area (TPSA) is 67.9 Å². The molecule has 3 aromatic rings. The van der Waals surface area contributed by atoms with Gasteiger partial charge in [0.15, 0.2) is 0 Å². The Kier molecular flexibility index (Phi) is 7.02. The quantitative estimate of drug-likeness (QED) is 0.572. The highest BCUT2D eigenvalue weighted by atomic mass is 16.6. The van der Waals surface area contributed by atoms with E-state index in [1.807, 2.05) is 72.8 Å². The van der Waals surface area contributed by atoms with Gasteiger partial charge >= 0.3 is 6.09 Å². The van der Waals surface area contributed by atoms with Crippen molar-refractivity contribution in [2.24, 2.45) is 0 Å². The van der Waals surface area contributed by atoms with Crippen molar-refractivity contribution < 1.29 is 19.1 Å². The summed E-state index contributed by atoms with van der Waals surface area (Å²) in [4.78, 5) is 26.8. The second-order valence-electron chi connectivity index (χ2n) is 7.68. The summed E-state index contributed by atoms with van der Waals surface area (Å²) < 4.78 is 11.2. The van der Waals surface area contributed by atoms with Gasteiger partial charge in [0.05, 0.1) is 0 Å². The van der Waals surface area contributed by atoms with Crippen molar-refractivity contribution in [1.82, 2.24) is 4.90 Å². The van der Waals surface area contributed by atoms with Crippen LogP contribution in [0.5, 0.6) is 5.75 Å². The molecule has 1 saturated heterocycles. The fraction of sp³-hybridized carbons (Fsp3) is 0.231. The van der Waals surface area contributed by atoms with Gasteiger partial charge in [0.25, 0.3) is 0 Å². The number of ether oxygens (including phenoxy) is 2. The van der Waals surface area contributed by atoms with E-state index in [1.54, 1.807) is 12.1 Å². The van der Waals surface area contributed by atoms with Gasteiger partial charge in [-0.15, -0.1) is 0 Å². The molecule has 0 radical (unpaired) electrons. The molecule has 1 N–H and O–H groups in total. The summed E-state index contributed by atoms with van der Waals surface area (Å²) in [6.45, 7) is 1.18. The summed E-state index contributed by atoms with van der Waals surface area (Å²) in [5, 5.41) is 2.90. The number of rotatable bonds is 7. The molecule has 3 aromatic carbocycles. The molecule has 164 valence electrons. The van der Waals surface area contributed by atoms with Crippen LogP contribution in [0.4, 0.5) is 10.5 Å². The summed E-state index contributed by atoms with van der Waals surface area (Å²) >= 11 is 0. The third-order valence-corrected chi connectivity index (χ3v) is 5.37. The largest absolute Gasteiger partial charge is 0.489 e. The summed E-state index contributed by atoms with van der Waals surface area (Å²) in [5.74, 6) is 0.510. The van der Waals surface area contributed by atoms with Crippen molar-refractivity contribution in [1.29, 1.82) is 0 Å². The first-order valence-corrected chi connectivity index (χ1v) is 10.7. The van der Waals surface area contributed by atoms with Crippen LogP contribution in [-0.4, -0.2) is 29.5 Å². The molecule has 0 aromatic heterocycles. The first kappa shape index (κ1) is 21.4. The van der Waals surface area contributed by atoms with Gasteiger partial charge in [-0.05, 0) is 48.2 Å². The van der Waals surface area contributed by atoms with Crippen molar-refractivity contribution >= 4 is 17.7 Å². The summed E-state index contributed by atoms with van der Waals surface area (Å²) in [6, 6.07) is 26.1. The smallest absolute Gasteiger partial charge is 0.410 e. The average Bonchev–Trinajstić information content (AvgIpc) is 3.34. The highest BCUT2D eigenvalue weighted by Crippen LogP contribution is 2.22. The van der Waals surface area contributed by atoms with Crippen LogP contribution in [0.3, 0.4) is 0 Å². The van der Waals surface area contributed by atoms with E-state index in [-0.39, 0.29) is 12.5 Å². The lowest BCUT2D eigenvalue weighted by atomic mass is 10.2. The van der Waals surface area contributed by atoms with Crippen LogP contribution < -0.4 is 10.1 Å².